The summed E-state index contributed by atoms with van der Waals surface area (Å²) in [6.07, 6.45) is 4.01. The molecule has 3 aromatic heterocycles. The second kappa shape index (κ2) is 10.3. The Morgan fingerprint density at radius 1 is 1.17 bits per heavy atom. The molecule has 1 saturated heterocycles. The molecule has 0 aliphatic carbocycles. The molecule has 0 unspecified atom stereocenters. The lowest BCUT2D eigenvalue weighted by atomic mass is 9.95. The van der Waals surface area contributed by atoms with Crippen LogP contribution in [-0.2, 0) is 10.3 Å². The van der Waals surface area contributed by atoms with Crippen LogP contribution in [0.2, 0.25) is 0 Å². The molecule has 0 bridgehead atoms. The lowest BCUT2D eigenvalue weighted by molar-refractivity contribution is 0.0299. The fourth-order valence-corrected chi connectivity index (χ4v) is 3.77. The van der Waals surface area contributed by atoms with Crippen molar-refractivity contribution in [1.82, 2.24) is 19.9 Å². The van der Waals surface area contributed by atoms with Crippen molar-refractivity contribution in [2.24, 2.45) is 5.73 Å². The lowest BCUT2D eigenvalue weighted by Crippen LogP contribution is -2.41. The SMILES string of the molecule is CCC(=N)c1ccc(C(=O)N2CCOCC2)nc1Nc1ccc(-c2cc(C(C)(C)N)ccn2)cn1. The van der Waals surface area contributed by atoms with Crippen molar-refractivity contribution in [3.63, 3.8) is 0 Å². The van der Waals surface area contributed by atoms with Gasteiger partial charge in [0.15, 0.2) is 0 Å². The minimum atomic E-state index is -0.470. The topological polar surface area (TPSA) is 130 Å². The zero-order valence-electron chi connectivity index (χ0n) is 20.3. The molecule has 9 nitrogen and oxygen atoms in total. The quantitative estimate of drug-likeness (QED) is 0.446. The van der Waals surface area contributed by atoms with E-state index in [0.29, 0.717) is 61.3 Å². The van der Waals surface area contributed by atoms with Crippen LogP contribution in [0.4, 0.5) is 11.6 Å². The van der Waals surface area contributed by atoms with Gasteiger partial charge in [-0.05, 0) is 62.2 Å². The summed E-state index contributed by atoms with van der Waals surface area (Å²) in [7, 11) is 0. The van der Waals surface area contributed by atoms with Crippen molar-refractivity contribution in [2.75, 3.05) is 31.6 Å². The summed E-state index contributed by atoms with van der Waals surface area (Å²) in [6, 6.07) is 11.1. The Morgan fingerprint density at radius 3 is 2.60 bits per heavy atom. The van der Waals surface area contributed by atoms with Crippen LogP contribution in [0.1, 0.15) is 48.8 Å². The van der Waals surface area contributed by atoms with E-state index in [4.69, 9.17) is 15.9 Å². The Labute approximate surface area is 205 Å². The first-order valence-electron chi connectivity index (χ1n) is 11.7. The van der Waals surface area contributed by atoms with E-state index >= 15 is 0 Å². The maximum absolute atomic E-state index is 12.9. The highest BCUT2D eigenvalue weighted by molar-refractivity contribution is 6.03. The first-order valence-corrected chi connectivity index (χ1v) is 11.7. The molecule has 0 atom stereocenters. The highest BCUT2D eigenvalue weighted by Crippen LogP contribution is 2.25. The van der Waals surface area contributed by atoms with Crippen molar-refractivity contribution >= 4 is 23.3 Å². The van der Waals surface area contributed by atoms with Gasteiger partial charge in [-0.15, -0.1) is 0 Å². The number of aromatic nitrogens is 3. The van der Waals surface area contributed by atoms with E-state index in [1.807, 2.05) is 45.0 Å². The lowest BCUT2D eigenvalue weighted by Gasteiger charge is -2.26. The third-order valence-electron chi connectivity index (χ3n) is 5.90. The number of ether oxygens (including phenoxy) is 1. The van der Waals surface area contributed by atoms with Crippen LogP contribution in [0.15, 0.2) is 48.8 Å². The Balaban J connectivity index is 1.60. The van der Waals surface area contributed by atoms with E-state index in [9.17, 15) is 4.79 Å². The third-order valence-corrected chi connectivity index (χ3v) is 5.90. The molecular formula is C26H31N7O2. The summed E-state index contributed by atoms with van der Waals surface area (Å²) < 4.78 is 5.34. The summed E-state index contributed by atoms with van der Waals surface area (Å²) in [6.45, 7) is 7.93. The van der Waals surface area contributed by atoms with E-state index in [2.05, 4.69) is 20.3 Å². The van der Waals surface area contributed by atoms with Crippen LogP contribution < -0.4 is 11.1 Å². The van der Waals surface area contributed by atoms with Crippen LogP contribution in [0.25, 0.3) is 11.3 Å². The number of hydrogen-bond donors (Lipinski definition) is 3. The van der Waals surface area contributed by atoms with E-state index in [-0.39, 0.29) is 5.91 Å². The number of carbonyl (C=O) groups excluding carboxylic acids is 1. The molecule has 1 aliphatic rings. The predicted octanol–water partition coefficient (Wildman–Crippen LogP) is 3.73. The highest BCUT2D eigenvalue weighted by atomic mass is 16.5. The van der Waals surface area contributed by atoms with Gasteiger partial charge in [-0.2, -0.15) is 0 Å². The maximum atomic E-state index is 12.9. The molecule has 4 N–H and O–H groups in total. The standard InChI is InChI=1S/C26H31N7O2/c1-4-20(27)19-6-7-21(25(34)33-11-13-35-14-12-33)31-24(19)32-23-8-5-17(16-30-23)22-15-18(9-10-29-22)26(2,3)28/h5-10,15-16,27H,4,11-14,28H2,1-3H3,(H,30,31,32). The smallest absolute Gasteiger partial charge is 0.272 e. The number of pyridine rings is 3. The van der Waals surface area contributed by atoms with Gasteiger partial charge in [-0.3, -0.25) is 9.78 Å². The van der Waals surface area contributed by atoms with Gasteiger partial charge in [0, 0.05) is 47.9 Å². The Morgan fingerprint density at radius 2 is 1.94 bits per heavy atom. The van der Waals surface area contributed by atoms with Gasteiger partial charge in [0.2, 0.25) is 0 Å². The van der Waals surface area contributed by atoms with Gasteiger partial charge in [-0.25, -0.2) is 9.97 Å². The zero-order chi connectivity index (χ0) is 25.0. The number of nitrogens with zero attached hydrogens (tertiary/aromatic N) is 4. The van der Waals surface area contributed by atoms with Gasteiger partial charge < -0.3 is 26.1 Å². The Hall–Kier alpha value is -3.69. The second-order valence-corrected chi connectivity index (χ2v) is 9.04. The number of nitrogens with two attached hydrogens (primary N) is 1. The fourth-order valence-electron chi connectivity index (χ4n) is 3.77. The largest absolute Gasteiger partial charge is 0.378 e. The molecule has 3 aromatic rings. The van der Waals surface area contributed by atoms with Crippen molar-refractivity contribution < 1.29 is 9.53 Å². The van der Waals surface area contributed by atoms with Crippen LogP contribution in [0.3, 0.4) is 0 Å². The number of hydrogen-bond acceptors (Lipinski definition) is 8. The minimum absolute atomic E-state index is 0.150. The highest BCUT2D eigenvalue weighted by Gasteiger charge is 2.22. The predicted molar refractivity (Wildman–Crippen MR) is 136 cm³/mol. The number of carbonyl (C=O) groups is 1. The van der Waals surface area contributed by atoms with Gasteiger partial charge >= 0.3 is 0 Å². The number of nitrogens with one attached hydrogen (secondary N) is 2. The fraction of sp³-hybridized carbons (Fsp3) is 0.346. The van der Waals surface area contributed by atoms with Gasteiger partial charge in [0.1, 0.15) is 17.3 Å². The molecule has 1 aliphatic heterocycles. The zero-order valence-corrected chi connectivity index (χ0v) is 20.3. The van der Waals surface area contributed by atoms with Crippen LogP contribution in [0, 0.1) is 5.41 Å². The van der Waals surface area contributed by atoms with E-state index in [1.165, 1.54) is 0 Å². The number of anilines is 2. The Kier molecular flexibility index (Phi) is 7.18. The summed E-state index contributed by atoms with van der Waals surface area (Å²) in [4.78, 5) is 28.2. The first-order chi connectivity index (χ1) is 16.8. The van der Waals surface area contributed by atoms with Crippen molar-refractivity contribution in [1.29, 1.82) is 5.41 Å². The molecule has 1 fully saturated rings. The molecule has 0 saturated carbocycles. The summed E-state index contributed by atoms with van der Waals surface area (Å²) in [5.41, 5.74) is 9.77. The molecule has 1 amide bonds. The molecule has 182 valence electrons. The van der Waals surface area contributed by atoms with Crippen molar-refractivity contribution in [2.45, 2.75) is 32.7 Å². The minimum Gasteiger partial charge on any atom is -0.378 e. The van der Waals surface area contributed by atoms with Crippen LogP contribution >= 0.6 is 0 Å². The average Bonchev–Trinajstić information content (AvgIpc) is 2.88. The first kappa shape index (κ1) is 24.4. The van der Waals surface area contributed by atoms with E-state index < -0.39 is 5.54 Å². The van der Waals surface area contributed by atoms with Gasteiger partial charge in [-0.1, -0.05) is 6.92 Å². The molecule has 0 spiro atoms. The summed E-state index contributed by atoms with van der Waals surface area (Å²) in [5.74, 6) is 0.835. The van der Waals surface area contributed by atoms with Crippen LogP contribution in [-0.4, -0.2) is 57.8 Å². The normalized spacial score (nSPS) is 14.0. The molecule has 4 rings (SSSR count). The molecule has 4 heterocycles. The molecule has 35 heavy (non-hydrogen) atoms. The third kappa shape index (κ3) is 5.70. The summed E-state index contributed by atoms with van der Waals surface area (Å²) in [5, 5.41) is 11.5. The monoisotopic (exact) mass is 473 g/mol. The second-order valence-electron chi connectivity index (χ2n) is 9.04. The molecular weight excluding hydrogens is 442 g/mol. The molecule has 0 aromatic carbocycles. The van der Waals surface area contributed by atoms with Gasteiger partial charge in [0.05, 0.1) is 18.9 Å². The number of amides is 1. The summed E-state index contributed by atoms with van der Waals surface area (Å²) >= 11 is 0. The maximum Gasteiger partial charge on any atom is 0.272 e. The molecule has 0 radical (unpaired) electrons. The van der Waals surface area contributed by atoms with Crippen molar-refractivity contribution in [3.8, 4) is 11.3 Å². The van der Waals surface area contributed by atoms with E-state index in [1.54, 1.807) is 29.4 Å². The average molecular weight is 474 g/mol. The number of rotatable bonds is 7. The van der Waals surface area contributed by atoms with E-state index in [0.717, 1.165) is 16.8 Å². The van der Waals surface area contributed by atoms with Crippen LogP contribution in [0.5, 0.6) is 0 Å². The van der Waals surface area contributed by atoms with Gasteiger partial charge in [0.25, 0.3) is 5.91 Å². The van der Waals surface area contributed by atoms with Crippen molar-refractivity contribution in [3.05, 3.63) is 65.6 Å². The molecule has 9 heteroatoms. The number of morpholine rings is 1. The Bertz CT molecular complexity index is 1210.